The molecule has 1 saturated carbocycles. The first-order valence-electron chi connectivity index (χ1n) is 9.27. The van der Waals surface area contributed by atoms with Crippen LogP contribution < -0.4 is 11.0 Å². The van der Waals surface area contributed by atoms with Gasteiger partial charge in [0.2, 0.25) is 5.91 Å². The number of benzene rings is 1. The van der Waals surface area contributed by atoms with E-state index in [2.05, 4.69) is 15.4 Å². The number of nitrogens with one attached hydrogen (secondary N) is 1. The monoisotopic (exact) mass is 401 g/mol. The zero-order valence-corrected chi connectivity index (χ0v) is 16.0. The molecule has 0 atom stereocenters. The average Bonchev–Trinajstić information content (AvgIpc) is 3.01. The summed E-state index contributed by atoms with van der Waals surface area (Å²) in [5.41, 5.74) is 0.0906. The fraction of sp³-hybridized carbons (Fsp3) is 0.368. The highest BCUT2D eigenvalue weighted by molar-refractivity contribution is 8.00. The van der Waals surface area contributed by atoms with Crippen molar-refractivity contribution in [2.45, 2.75) is 48.9 Å². The molecule has 4 rings (SSSR count). The van der Waals surface area contributed by atoms with Gasteiger partial charge in [-0.2, -0.15) is 0 Å². The number of hydrogen-bond acceptors (Lipinski definition) is 5. The van der Waals surface area contributed by atoms with Crippen molar-refractivity contribution in [1.29, 1.82) is 0 Å². The number of anilines is 1. The number of halogens is 1. The van der Waals surface area contributed by atoms with Crippen LogP contribution in [-0.2, 0) is 11.3 Å². The Balaban J connectivity index is 1.55. The zero-order valence-electron chi connectivity index (χ0n) is 15.2. The first-order valence-corrected chi connectivity index (χ1v) is 10.1. The molecule has 1 aliphatic carbocycles. The number of amides is 1. The molecular formula is C19H20FN5O2S. The lowest BCUT2D eigenvalue weighted by Gasteiger charge is -2.20. The molecule has 7 nitrogen and oxygen atoms in total. The van der Waals surface area contributed by atoms with Gasteiger partial charge in [0.05, 0.1) is 5.69 Å². The maximum absolute atomic E-state index is 13.7. The Labute approximate surface area is 165 Å². The van der Waals surface area contributed by atoms with E-state index in [0.29, 0.717) is 15.9 Å². The Morgan fingerprint density at radius 3 is 2.82 bits per heavy atom. The molecule has 0 radical (unpaired) electrons. The van der Waals surface area contributed by atoms with Gasteiger partial charge in [0, 0.05) is 17.6 Å². The summed E-state index contributed by atoms with van der Waals surface area (Å²) in [4.78, 5) is 29.2. The number of fused-ring (bicyclic) bond motifs is 1. The molecule has 1 aliphatic rings. The summed E-state index contributed by atoms with van der Waals surface area (Å²) in [7, 11) is 0. The minimum Gasteiger partial charge on any atom is -0.322 e. The van der Waals surface area contributed by atoms with Crippen molar-refractivity contribution < 1.29 is 9.18 Å². The van der Waals surface area contributed by atoms with Crippen LogP contribution in [0.4, 0.5) is 10.1 Å². The standard InChI is InChI=1S/C19H20FN5O2S/c20-14-8-4-5-9-15(14)22-16(26)12-25-19(27)24-11-10-21-18(17(24)23-25)28-13-6-2-1-3-7-13/h4-5,8-11,13H,1-3,6-7,12H2,(H,22,26). The topological polar surface area (TPSA) is 81.3 Å². The molecular weight excluding hydrogens is 381 g/mol. The van der Waals surface area contributed by atoms with Gasteiger partial charge in [-0.25, -0.2) is 23.3 Å². The Morgan fingerprint density at radius 1 is 1.25 bits per heavy atom. The largest absolute Gasteiger partial charge is 0.350 e. The molecule has 0 spiro atoms. The zero-order chi connectivity index (χ0) is 19.5. The van der Waals surface area contributed by atoms with E-state index in [9.17, 15) is 14.0 Å². The second-order valence-electron chi connectivity index (χ2n) is 6.77. The van der Waals surface area contributed by atoms with E-state index in [1.54, 1.807) is 30.2 Å². The summed E-state index contributed by atoms with van der Waals surface area (Å²) in [6, 6.07) is 5.88. The average molecular weight is 401 g/mol. The molecule has 2 heterocycles. The molecule has 28 heavy (non-hydrogen) atoms. The minimum absolute atomic E-state index is 0.0690. The molecule has 0 saturated heterocycles. The summed E-state index contributed by atoms with van der Waals surface area (Å²) in [6.45, 7) is -0.303. The van der Waals surface area contributed by atoms with Crippen LogP contribution in [0.15, 0.2) is 46.5 Å². The van der Waals surface area contributed by atoms with Gasteiger partial charge in [-0.1, -0.05) is 43.2 Å². The minimum atomic E-state index is -0.534. The lowest BCUT2D eigenvalue weighted by Crippen LogP contribution is -2.28. The van der Waals surface area contributed by atoms with Crippen LogP contribution in [0.2, 0.25) is 0 Å². The van der Waals surface area contributed by atoms with E-state index < -0.39 is 17.4 Å². The summed E-state index contributed by atoms with van der Waals surface area (Å²) < 4.78 is 16.2. The molecule has 0 aliphatic heterocycles. The van der Waals surface area contributed by atoms with Gasteiger partial charge in [0.15, 0.2) is 5.65 Å². The number of aromatic nitrogens is 4. The molecule has 9 heteroatoms. The Bertz CT molecular complexity index is 1060. The van der Waals surface area contributed by atoms with Crippen LogP contribution in [0.3, 0.4) is 0 Å². The summed E-state index contributed by atoms with van der Waals surface area (Å²) in [6.07, 6.45) is 9.05. The number of para-hydroxylation sites is 1. The van der Waals surface area contributed by atoms with Crippen LogP contribution in [-0.4, -0.2) is 30.3 Å². The fourth-order valence-electron chi connectivity index (χ4n) is 3.34. The van der Waals surface area contributed by atoms with Gasteiger partial charge in [0.1, 0.15) is 17.4 Å². The normalized spacial score (nSPS) is 15.0. The van der Waals surface area contributed by atoms with Crippen LogP contribution >= 0.6 is 11.8 Å². The van der Waals surface area contributed by atoms with E-state index in [0.717, 1.165) is 17.5 Å². The molecule has 1 amide bonds. The van der Waals surface area contributed by atoms with Crippen molar-refractivity contribution in [2.24, 2.45) is 0 Å². The molecule has 0 unspecified atom stereocenters. The van der Waals surface area contributed by atoms with Crippen LogP contribution in [0.25, 0.3) is 5.65 Å². The second-order valence-corrected chi connectivity index (χ2v) is 8.06. The van der Waals surface area contributed by atoms with Gasteiger partial charge in [0.25, 0.3) is 0 Å². The Morgan fingerprint density at radius 2 is 2.04 bits per heavy atom. The molecule has 1 N–H and O–H groups in total. The van der Waals surface area contributed by atoms with Gasteiger partial charge >= 0.3 is 5.69 Å². The van der Waals surface area contributed by atoms with E-state index in [1.807, 2.05) is 0 Å². The number of hydrogen-bond donors (Lipinski definition) is 1. The second kappa shape index (κ2) is 8.14. The lowest BCUT2D eigenvalue weighted by molar-refractivity contribution is -0.117. The molecule has 1 aromatic carbocycles. The van der Waals surface area contributed by atoms with Crippen LogP contribution in [0.5, 0.6) is 0 Å². The predicted octanol–water partition coefficient (Wildman–Crippen LogP) is 3.09. The summed E-state index contributed by atoms with van der Waals surface area (Å²) in [5.74, 6) is -1.06. The van der Waals surface area contributed by atoms with E-state index in [4.69, 9.17) is 0 Å². The van der Waals surface area contributed by atoms with Gasteiger partial charge in [-0.05, 0) is 25.0 Å². The van der Waals surface area contributed by atoms with Crippen molar-refractivity contribution in [3.05, 3.63) is 53.0 Å². The van der Waals surface area contributed by atoms with Gasteiger partial charge in [-0.3, -0.25) is 4.79 Å². The summed E-state index contributed by atoms with van der Waals surface area (Å²) >= 11 is 1.64. The highest BCUT2D eigenvalue weighted by Gasteiger charge is 2.20. The van der Waals surface area contributed by atoms with E-state index >= 15 is 0 Å². The van der Waals surface area contributed by atoms with Gasteiger partial charge < -0.3 is 5.32 Å². The summed E-state index contributed by atoms with van der Waals surface area (Å²) in [5, 5.41) is 7.94. The number of carbonyl (C=O) groups is 1. The molecule has 2 aromatic heterocycles. The van der Waals surface area contributed by atoms with E-state index in [-0.39, 0.29) is 12.2 Å². The maximum atomic E-state index is 13.7. The first kappa shape index (κ1) is 18.7. The first-order chi connectivity index (χ1) is 13.6. The highest BCUT2D eigenvalue weighted by Crippen LogP contribution is 2.33. The smallest absolute Gasteiger partial charge is 0.322 e. The van der Waals surface area contributed by atoms with E-state index in [1.165, 1.54) is 41.9 Å². The maximum Gasteiger partial charge on any atom is 0.350 e. The SMILES string of the molecule is O=C(Cn1nc2c(SC3CCCCC3)nccn2c1=O)Nc1ccccc1F. The number of thioether (sulfide) groups is 1. The molecule has 1 fully saturated rings. The fourth-order valence-corrected chi connectivity index (χ4v) is 4.59. The Kier molecular flexibility index (Phi) is 5.43. The van der Waals surface area contributed by atoms with Crippen molar-refractivity contribution in [3.8, 4) is 0 Å². The quantitative estimate of drug-likeness (QED) is 0.711. The third kappa shape index (κ3) is 3.94. The number of carbonyl (C=O) groups excluding carboxylic acids is 1. The Hall–Kier alpha value is -2.68. The number of rotatable bonds is 5. The van der Waals surface area contributed by atoms with Crippen LogP contribution in [0.1, 0.15) is 32.1 Å². The van der Waals surface area contributed by atoms with Crippen LogP contribution in [0, 0.1) is 5.82 Å². The van der Waals surface area contributed by atoms with Gasteiger partial charge in [-0.15, -0.1) is 5.10 Å². The predicted molar refractivity (Wildman–Crippen MR) is 105 cm³/mol. The van der Waals surface area contributed by atoms with Crippen molar-refractivity contribution >= 4 is 29.0 Å². The molecule has 0 bridgehead atoms. The third-order valence-corrected chi connectivity index (χ3v) is 6.06. The van der Waals surface area contributed by atoms with Crippen molar-refractivity contribution in [2.75, 3.05) is 5.32 Å². The molecule has 3 aromatic rings. The highest BCUT2D eigenvalue weighted by atomic mass is 32.2. The molecule has 146 valence electrons. The number of nitrogens with zero attached hydrogens (tertiary/aromatic N) is 4. The third-order valence-electron chi connectivity index (χ3n) is 4.74. The van der Waals surface area contributed by atoms with Crippen molar-refractivity contribution in [1.82, 2.24) is 19.2 Å². The lowest BCUT2D eigenvalue weighted by atomic mass is 10.0. The van der Waals surface area contributed by atoms with Crippen molar-refractivity contribution in [3.63, 3.8) is 0 Å².